The lowest BCUT2D eigenvalue weighted by Gasteiger charge is -2.29. The molecule has 0 aromatic heterocycles. The molecule has 0 fully saturated rings. The Morgan fingerprint density at radius 3 is 2.68 bits per heavy atom. The van der Waals surface area contributed by atoms with Crippen LogP contribution < -0.4 is 15.2 Å². The molecule has 2 aromatic carbocycles. The van der Waals surface area contributed by atoms with Crippen molar-refractivity contribution in [1.82, 2.24) is 5.43 Å². The molecule has 2 N–H and O–H groups in total. The van der Waals surface area contributed by atoms with Gasteiger partial charge in [-0.05, 0) is 50.5 Å². The van der Waals surface area contributed by atoms with Crippen LogP contribution >= 0.6 is 0 Å². The summed E-state index contributed by atoms with van der Waals surface area (Å²) < 4.78 is 0. The summed E-state index contributed by atoms with van der Waals surface area (Å²) in [5, 5.41) is 14.1. The van der Waals surface area contributed by atoms with Crippen molar-refractivity contribution >= 4 is 29.4 Å². The zero-order valence-corrected chi connectivity index (χ0v) is 18.2. The van der Waals surface area contributed by atoms with Crippen molar-refractivity contribution in [2.75, 3.05) is 29.4 Å². The minimum absolute atomic E-state index is 0.0573. The first-order valence-electron chi connectivity index (χ1n) is 10.8. The summed E-state index contributed by atoms with van der Waals surface area (Å²) in [6, 6.07) is 13.3. The molecule has 7 nitrogen and oxygen atoms in total. The molecule has 0 atom stereocenters. The van der Waals surface area contributed by atoms with Crippen LogP contribution in [0.4, 0.5) is 11.4 Å². The molecule has 7 heteroatoms. The van der Waals surface area contributed by atoms with Gasteiger partial charge in [0.2, 0.25) is 11.8 Å². The van der Waals surface area contributed by atoms with Crippen molar-refractivity contribution in [3.8, 4) is 5.75 Å². The maximum Gasteiger partial charge on any atom is 0.240 e. The third-order valence-corrected chi connectivity index (χ3v) is 5.51. The van der Waals surface area contributed by atoms with E-state index in [-0.39, 0.29) is 30.4 Å². The lowest BCUT2D eigenvalue weighted by atomic mass is 10.0. The Kier molecular flexibility index (Phi) is 7.65. The van der Waals surface area contributed by atoms with Gasteiger partial charge in [0, 0.05) is 55.5 Å². The van der Waals surface area contributed by atoms with E-state index in [1.165, 1.54) is 11.8 Å². The highest BCUT2D eigenvalue weighted by atomic mass is 16.3. The van der Waals surface area contributed by atoms with Crippen LogP contribution in [0, 0.1) is 0 Å². The molecule has 31 heavy (non-hydrogen) atoms. The maximum absolute atomic E-state index is 12.6. The Bertz CT molecular complexity index is 954. The summed E-state index contributed by atoms with van der Waals surface area (Å²) in [7, 11) is 0. The van der Waals surface area contributed by atoms with Gasteiger partial charge in [-0.25, -0.2) is 5.43 Å². The molecule has 1 aliphatic rings. The Balaban J connectivity index is 1.51. The van der Waals surface area contributed by atoms with Gasteiger partial charge < -0.3 is 14.9 Å². The van der Waals surface area contributed by atoms with Gasteiger partial charge in [0.1, 0.15) is 5.75 Å². The molecule has 164 valence electrons. The van der Waals surface area contributed by atoms with E-state index in [1.807, 2.05) is 30.3 Å². The largest absolute Gasteiger partial charge is 0.507 e. The van der Waals surface area contributed by atoms with Gasteiger partial charge in [-0.1, -0.05) is 18.2 Å². The fourth-order valence-corrected chi connectivity index (χ4v) is 3.80. The number of hydrogen-bond donors (Lipinski definition) is 2. The third kappa shape index (κ3) is 5.63. The van der Waals surface area contributed by atoms with E-state index in [0.29, 0.717) is 12.1 Å². The highest BCUT2D eigenvalue weighted by Gasteiger charge is 2.22. The number of hydrogen-bond acceptors (Lipinski definition) is 5. The van der Waals surface area contributed by atoms with Gasteiger partial charge in [0.25, 0.3) is 0 Å². The third-order valence-electron chi connectivity index (χ3n) is 5.51. The lowest BCUT2D eigenvalue weighted by molar-refractivity contribution is -0.125. The Labute approximate surface area is 183 Å². The van der Waals surface area contributed by atoms with Crippen LogP contribution in [-0.4, -0.2) is 42.8 Å². The number of hydrazone groups is 1. The fourth-order valence-electron chi connectivity index (χ4n) is 3.80. The minimum Gasteiger partial charge on any atom is -0.507 e. The molecule has 0 bridgehead atoms. The van der Waals surface area contributed by atoms with Crippen molar-refractivity contribution < 1.29 is 14.7 Å². The number of carbonyl (C=O) groups excluding carboxylic acids is 2. The van der Waals surface area contributed by atoms with E-state index in [4.69, 9.17) is 0 Å². The van der Waals surface area contributed by atoms with E-state index < -0.39 is 0 Å². The zero-order chi connectivity index (χ0) is 22.2. The van der Waals surface area contributed by atoms with E-state index in [1.54, 1.807) is 17.0 Å². The lowest BCUT2D eigenvalue weighted by Crippen LogP contribution is -2.36. The van der Waals surface area contributed by atoms with Crippen LogP contribution in [-0.2, 0) is 16.0 Å². The second kappa shape index (κ2) is 10.6. The predicted molar refractivity (Wildman–Crippen MR) is 124 cm³/mol. The number of phenols is 1. The molecule has 2 aromatic rings. The molecule has 0 unspecified atom stereocenters. The van der Waals surface area contributed by atoms with Gasteiger partial charge in [0.05, 0.1) is 6.21 Å². The normalized spacial score (nSPS) is 13.2. The first-order valence-corrected chi connectivity index (χ1v) is 10.8. The number of carbonyl (C=O) groups is 2. The fraction of sp³-hybridized carbons (Fsp3) is 0.375. The standard InChI is InChI=1S/C24H30N4O3/c1-3-27(4-2)20-12-11-19(22(29)16-20)17-25-26-23(30)13-14-24(31)28-15-7-9-18-8-5-6-10-21(18)28/h5-6,8,10-12,16-17,29H,3-4,7,9,13-15H2,1-2H3,(H,26,30)/b25-17+. The van der Waals surface area contributed by atoms with Crippen molar-refractivity contribution in [3.05, 3.63) is 53.6 Å². The topological polar surface area (TPSA) is 85.2 Å². The molecular formula is C24H30N4O3. The molecule has 2 amide bonds. The quantitative estimate of drug-likeness (QED) is 0.504. The predicted octanol–water partition coefficient (Wildman–Crippen LogP) is 3.45. The second-order valence-corrected chi connectivity index (χ2v) is 7.49. The van der Waals surface area contributed by atoms with Crippen LogP contribution in [0.25, 0.3) is 0 Å². The average molecular weight is 423 g/mol. The monoisotopic (exact) mass is 422 g/mol. The summed E-state index contributed by atoms with van der Waals surface area (Å²) in [4.78, 5) is 28.6. The molecule has 3 rings (SSSR count). The minimum atomic E-state index is -0.339. The Morgan fingerprint density at radius 1 is 1.16 bits per heavy atom. The Hall–Kier alpha value is -3.35. The number of fused-ring (bicyclic) bond motifs is 1. The summed E-state index contributed by atoms with van der Waals surface area (Å²) in [6.07, 6.45) is 3.48. The number of aromatic hydroxyl groups is 1. The van der Waals surface area contributed by atoms with Crippen molar-refractivity contribution in [1.29, 1.82) is 0 Å². The molecular weight excluding hydrogens is 392 g/mol. The molecule has 0 aliphatic carbocycles. The number of amides is 2. The number of para-hydroxylation sites is 1. The summed E-state index contributed by atoms with van der Waals surface area (Å²) in [5.74, 6) is -0.300. The molecule has 1 aliphatic heterocycles. The highest BCUT2D eigenvalue weighted by Crippen LogP contribution is 2.27. The molecule has 0 radical (unpaired) electrons. The molecule has 0 saturated carbocycles. The summed E-state index contributed by atoms with van der Waals surface area (Å²) in [5.41, 5.74) is 5.99. The number of aryl methyl sites for hydroxylation is 1. The van der Waals surface area contributed by atoms with Crippen LogP contribution in [0.15, 0.2) is 47.6 Å². The molecule has 1 heterocycles. The number of phenolic OH excluding ortho intramolecular Hbond substituents is 1. The number of nitrogens with zero attached hydrogens (tertiary/aromatic N) is 3. The van der Waals surface area contributed by atoms with Gasteiger partial charge in [-0.3, -0.25) is 9.59 Å². The number of anilines is 2. The van der Waals surface area contributed by atoms with Gasteiger partial charge in [0.15, 0.2) is 0 Å². The van der Waals surface area contributed by atoms with E-state index >= 15 is 0 Å². The number of nitrogens with one attached hydrogen (secondary N) is 1. The molecule has 0 saturated heterocycles. The summed E-state index contributed by atoms with van der Waals surface area (Å²) >= 11 is 0. The van der Waals surface area contributed by atoms with Gasteiger partial charge in [-0.2, -0.15) is 5.10 Å². The van der Waals surface area contributed by atoms with Crippen molar-refractivity contribution in [2.24, 2.45) is 5.10 Å². The second-order valence-electron chi connectivity index (χ2n) is 7.49. The van der Waals surface area contributed by atoms with Crippen LogP contribution in [0.3, 0.4) is 0 Å². The first kappa shape index (κ1) is 22.3. The van der Waals surface area contributed by atoms with Crippen LogP contribution in [0.2, 0.25) is 0 Å². The van der Waals surface area contributed by atoms with Gasteiger partial charge >= 0.3 is 0 Å². The zero-order valence-electron chi connectivity index (χ0n) is 18.2. The highest BCUT2D eigenvalue weighted by molar-refractivity contribution is 5.96. The van der Waals surface area contributed by atoms with Gasteiger partial charge in [-0.15, -0.1) is 0 Å². The first-order chi connectivity index (χ1) is 15.0. The summed E-state index contributed by atoms with van der Waals surface area (Å²) in [6.45, 7) is 6.49. The molecule has 0 spiro atoms. The van der Waals surface area contributed by atoms with E-state index in [2.05, 4.69) is 29.3 Å². The van der Waals surface area contributed by atoms with E-state index in [9.17, 15) is 14.7 Å². The van der Waals surface area contributed by atoms with Crippen LogP contribution in [0.5, 0.6) is 5.75 Å². The Morgan fingerprint density at radius 2 is 1.94 bits per heavy atom. The average Bonchev–Trinajstić information content (AvgIpc) is 2.79. The number of benzene rings is 2. The smallest absolute Gasteiger partial charge is 0.240 e. The van der Waals surface area contributed by atoms with Crippen molar-refractivity contribution in [3.63, 3.8) is 0 Å². The van der Waals surface area contributed by atoms with E-state index in [0.717, 1.165) is 37.3 Å². The SMILES string of the molecule is CCN(CC)c1ccc(/C=N/NC(=O)CCC(=O)N2CCCc3ccccc32)c(O)c1. The van der Waals surface area contributed by atoms with Crippen LogP contribution in [0.1, 0.15) is 44.2 Å². The number of rotatable bonds is 8. The van der Waals surface area contributed by atoms with Crippen molar-refractivity contribution in [2.45, 2.75) is 39.5 Å². The maximum atomic E-state index is 12.6.